The molecule has 0 N–H and O–H groups in total. The standard InChI is InChI=1S/C23H17F4N3O4/c24-15-2-1-13(5-16(15)25)34-21-17(26)3-12(4-18(21)27)9-32-19-6-20-29(22(31)28-19)10-23-7-14(33-11-23)8-30(20)23/h1-6,14H,7-11H2/t14-,23+/m0/s1. The summed E-state index contributed by atoms with van der Waals surface area (Å²) in [5.74, 6) is -4.72. The van der Waals surface area contributed by atoms with Gasteiger partial charge in [0.2, 0.25) is 5.88 Å². The van der Waals surface area contributed by atoms with E-state index in [9.17, 15) is 22.4 Å². The summed E-state index contributed by atoms with van der Waals surface area (Å²) in [5.41, 5.74) is -0.570. The molecule has 3 aliphatic rings. The molecule has 2 atom stereocenters. The van der Waals surface area contributed by atoms with Crippen molar-refractivity contribution in [2.24, 2.45) is 0 Å². The lowest BCUT2D eigenvalue weighted by molar-refractivity contribution is 0.0856. The Labute approximate surface area is 190 Å². The quantitative estimate of drug-likeness (QED) is 0.526. The van der Waals surface area contributed by atoms with Crippen LogP contribution in [0.1, 0.15) is 12.0 Å². The van der Waals surface area contributed by atoms with Gasteiger partial charge in [-0.25, -0.2) is 22.4 Å². The van der Waals surface area contributed by atoms with Gasteiger partial charge in [-0.1, -0.05) is 0 Å². The molecule has 2 bridgehead atoms. The SMILES string of the molecule is O=c1nc(OCc2cc(F)c(Oc3ccc(F)c(F)c3)c(F)c2)cc2n1C[C@]13CO[C@H](CN21)C3. The van der Waals surface area contributed by atoms with E-state index < -0.39 is 34.7 Å². The minimum absolute atomic E-state index is 0.0416. The summed E-state index contributed by atoms with van der Waals surface area (Å²) in [6.45, 7) is 1.47. The van der Waals surface area contributed by atoms with E-state index in [-0.39, 0.29) is 35.4 Å². The molecule has 4 heterocycles. The zero-order valence-corrected chi connectivity index (χ0v) is 17.6. The number of ether oxygens (including phenoxy) is 3. The minimum atomic E-state index is -1.21. The fourth-order valence-electron chi connectivity index (χ4n) is 4.87. The van der Waals surface area contributed by atoms with Crippen molar-refractivity contribution in [2.45, 2.75) is 31.2 Å². The van der Waals surface area contributed by atoms with Crippen molar-refractivity contribution in [2.75, 3.05) is 18.1 Å². The maximum absolute atomic E-state index is 14.5. The summed E-state index contributed by atoms with van der Waals surface area (Å²) in [4.78, 5) is 18.6. The number of halogens is 4. The molecule has 2 saturated heterocycles. The Morgan fingerprint density at radius 3 is 2.59 bits per heavy atom. The van der Waals surface area contributed by atoms with Crippen LogP contribution in [0.5, 0.6) is 17.4 Å². The monoisotopic (exact) mass is 475 g/mol. The number of aromatic nitrogens is 2. The average Bonchev–Trinajstić information content (AvgIpc) is 3.46. The molecule has 0 aliphatic carbocycles. The molecule has 0 saturated carbocycles. The molecular weight excluding hydrogens is 458 g/mol. The van der Waals surface area contributed by atoms with Crippen LogP contribution in [0, 0.1) is 23.3 Å². The molecule has 0 radical (unpaired) electrons. The topological polar surface area (TPSA) is 65.8 Å². The number of fused-ring (bicyclic) bond motifs is 3. The van der Waals surface area contributed by atoms with Gasteiger partial charge in [-0.2, -0.15) is 4.98 Å². The van der Waals surface area contributed by atoms with Crippen LogP contribution in [0.4, 0.5) is 23.4 Å². The van der Waals surface area contributed by atoms with Crippen molar-refractivity contribution in [3.63, 3.8) is 0 Å². The molecule has 3 aliphatic heterocycles. The number of anilines is 1. The molecule has 0 amide bonds. The van der Waals surface area contributed by atoms with Crippen LogP contribution < -0.4 is 20.1 Å². The van der Waals surface area contributed by atoms with Crippen LogP contribution >= 0.6 is 0 Å². The second kappa shape index (κ2) is 7.45. The summed E-state index contributed by atoms with van der Waals surface area (Å²) in [7, 11) is 0. The van der Waals surface area contributed by atoms with Gasteiger partial charge in [0.15, 0.2) is 29.0 Å². The number of hydrogen-bond acceptors (Lipinski definition) is 6. The molecule has 1 aromatic heterocycles. The molecule has 0 unspecified atom stereocenters. The van der Waals surface area contributed by atoms with E-state index in [1.807, 2.05) is 0 Å². The highest BCUT2D eigenvalue weighted by molar-refractivity contribution is 5.52. The highest BCUT2D eigenvalue weighted by Crippen LogP contribution is 2.46. The van der Waals surface area contributed by atoms with Crippen molar-refractivity contribution in [1.29, 1.82) is 0 Å². The molecule has 2 fully saturated rings. The maximum Gasteiger partial charge on any atom is 0.352 e. The lowest BCUT2D eigenvalue weighted by atomic mass is 10.0. The molecule has 3 aromatic rings. The minimum Gasteiger partial charge on any atom is -0.473 e. The van der Waals surface area contributed by atoms with E-state index in [1.54, 1.807) is 10.6 Å². The van der Waals surface area contributed by atoms with E-state index >= 15 is 0 Å². The number of rotatable bonds is 5. The molecular formula is C23H17F4N3O4. The Morgan fingerprint density at radius 1 is 1.06 bits per heavy atom. The summed E-state index contributed by atoms with van der Waals surface area (Å²) in [6, 6.07) is 6.15. The Bertz CT molecular complexity index is 1360. The largest absolute Gasteiger partial charge is 0.473 e. The highest BCUT2D eigenvalue weighted by atomic mass is 19.2. The van der Waals surface area contributed by atoms with Crippen molar-refractivity contribution in [3.05, 3.63) is 75.7 Å². The molecule has 2 aromatic carbocycles. The van der Waals surface area contributed by atoms with Crippen LogP contribution in [0.3, 0.4) is 0 Å². The predicted molar refractivity (Wildman–Crippen MR) is 110 cm³/mol. The molecule has 1 spiro atoms. The molecule has 7 nitrogen and oxygen atoms in total. The van der Waals surface area contributed by atoms with Crippen LogP contribution in [-0.4, -0.2) is 34.3 Å². The molecule has 176 valence electrons. The normalized spacial score (nSPS) is 22.1. The van der Waals surface area contributed by atoms with E-state index in [0.29, 0.717) is 31.6 Å². The zero-order valence-electron chi connectivity index (χ0n) is 17.6. The lowest BCUT2D eigenvalue weighted by Crippen LogP contribution is -2.46. The number of benzene rings is 2. The second-order valence-electron chi connectivity index (χ2n) is 8.65. The Balaban J connectivity index is 1.20. The number of nitrogens with zero attached hydrogens (tertiary/aromatic N) is 3. The van der Waals surface area contributed by atoms with Crippen molar-refractivity contribution in [3.8, 4) is 17.4 Å². The van der Waals surface area contributed by atoms with Gasteiger partial charge in [-0.15, -0.1) is 0 Å². The van der Waals surface area contributed by atoms with Crippen molar-refractivity contribution < 1.29 is 31.8 Å². The van der Waals surface area contributed by atoms with Crippen LogP contribution in [0.2, 0.25) is 0 Å². The first kappa shape index (κ1) is 21.0. The van der Waals surface area contributed by atoms with Crippen LogP contribution in [0.15, 0.2) is 41.2 Å². The maximum atomic E-state index is 14.5. The second-order valence-corrected chi connectivity index (χ2v) is 8.65. The van der Waals surface area contributed by atoms with Crippen LogP contribution in [0.25, 0.3) is 0 Å². The van der Waals surface area contributed by atoms with Gasteiger partial charge in [-0.05, 0) is 29.8 Å². The summed E-state index contributed by atoms with van der Waals surface area (Å²) in [5, 5.41) is 0. The molecule has 11 heteroatoms. The third-order valence-electron chi connectivity index (χ3n) is 6.40. The van der Waals surface area contributed by atoms with Gasteiger partial charge >= 0.3 is 5.69 Å². The Morgan fingerprint density at radius 2 is 1.85 bits per heavy atom. The van der Waals surface area contributed by atoms with Crippen molar-refractivity contribution >= 4 is 5.82 Å². The third-order valence-corrected chi connectivity index (χ3v) is 6.40. The fourth-order valence-corrected chi connectivity index (χ4v) is 4.87. The Kier molecular flexibility index (Phi) is 4.60. The van der Waals surface area contributed by atoms with Crippen LogP contribution in [-0.2, 0) is 17.9 Å². The first-order valence-corrected chi connectivity index (χ1v) is 10.6. The van der Waals surface area contributed by atoms with Gasteiger partial charge in [0.25, 0.3) is 0 Å². The summed E-state index contributed by atoms with van der Waals surface area (Å²) in [6.07, 6.45) is 0.987. The van der Waals surface area contributed by atoms with E-state index in [0.717, 1.165) is 30.7 Å². The highest BCUT2D eigenvalue weighted by Gasteiger charge is 2.56. The van der Waals surface area contributed by atoms with E-state index in [1.165, 1.54) is 0 Å². The fraction of sp³-hybridized carbons (Fsp3) is 0.304. The number of hydrogen-bond donors (Lipinski definition) is 0. The summed E-state index contributed by atoms with van der Waals surface area (Å²) < 4.78 is 73.3. The smallest absolute Gasteiger partial charge is 0.352 e. The predicted octanol–water partition coefficient (Wildman–Crippen LogP) is 3.53. The van der Waals surface area contributed by atoms with Gasteiger partial charge < -0.3 is 19.1 Å². The van der Waals surface area contributed by atoms with Gasteiger partial charge in [0, 0.05) is 25.1 Å². The van der Waals surface area contributed by atoms with Gasteiger partial charge in [-0.3, -0.25) is 4.57 Å². The summed E-state index contributed by atoms with van der Waals surface area (Å²) >= 11 is 0. The first-order chi connectivity index (χ1) is 16.3. The first-order valence-electron chi connectivity index (χ1n) is 10.6. The van der Waals surface area contributed by atoms with Gasteiger partial charge in [0.05, 0.1) is 24.8 Å². The Hall–Kier alpha value is -3.60. The molecule has 34 heavy (non-hydrogen) atoms. The van der Waals surface area contributed by atoms with Crippen molar-refractivity contribution in [1.82, 2.24) is 9.55 Å². The average molecular weight is 475 g/mol. The number of morpholine rings is 1. The lowest BCUT2D eigenvalue weighted by Gasteiger charge is -2.32. The van der Waals surface area contributed by atoms with Gasteiger partial charge in [0.1, 0.15) is 18.2 Å². The van der Waals surface area contributed by atoms with E-state index in [4.69, 9.17) is 14.2 Å². The third kappa shape index (κ3) is 3.30. The molecule has 6 rings (SSSR count). The van der Waals surface area contributed by atoms with E-state index in [2.05, 4.69) is 9.88 Å². The zero-order chi connectivity index (χ0) is 23.6.